The summed E-state index contributed by atoms with van der Waals surface area (Å²) < 4.78 is 2.06. The first-order chi connectivity index (χ1) is 5.99. The second-order valence-corrected chi connectivity index (χ2v) is 4.46. The van der Waals surface area contributed by atoms with Gasteiger partial charge in [-0.15, -0.1) is 0 Å². The van der Waals surface area contributed by atoms with Crippen molar-refractivity contribution in [1.82, 2.24) is 14.9 Å². The van der Waals surface area contributed by atoms with Crippen LogP contribution in [0.4, 0.5) is 0 Å². The summed E-state index contributed by atoms with van der Waals surface area (Å²) in [7, 11) is 0. The van der Waals surface area contributed by atoms with E-state index in [-0.39, 0.29) is 5.41 Å². The number of hydrogen-bond donors (Lipinski definition) is 1. The lowest BCUT2D eigenvalue weighted by molar-refractivity contribution is 0.436. The molecule has 4 nitrogen and oxygen atoms in total. The van der Waals surface area contributed by atoms with Crippen LogP contribution in [0.1, 0.15) is 27.2 Å². The molecule has 0 amide bonds. The monoisotopic (exact) mass is 198 g/mol. The fraction of sp³-hybridized carbons (Fsp3) is 0.625. The predicted octanol–water partition coefficient (Wildman–Crippen LogP) is 2.21. The van der Waals surface area contributed by atoms with E-state index in [9.17, 15) is 0 Å². The van der Waals surface area contributed by atoms with Gasteiger partial charge in [-0.05, 0) is 24.1 Å². The molecule has 0 spiro atoms. The molecule has 72 valence electrons. The molecular weight excluding hydrogens is 184 g/mol. The number of rotatable bonds is 2. The topological polar surface area (TPSA) is 46.0 Å². The van der Waals surface area contributed by atoms with Crippen LogP contribution in [0.3, 0.4) is 0 Å². The highest BCUT2D eigenvalue weighted by molar-refractivity contribution is 7.71. The summed E-state index contributed by atoms with van der Waals surface area (Å²) in [6.45, 7) is 6.48. The summed E-state index contributed by atoms with van der Waals surface area (Å²) in [5.74, 6) is 0. The Bertz CT molecular complexity index is 342. The summed E-state index contributed by atoms with van der Waals surface area (Å²) in [5.41, 5.74) is 0.259. The first kappa shape index (κ1) is 10.1. The number of H-pyrrole nitrogens is 1. The van der Waals surface area contributed by atoms with Crippen molar-refractivity contribution in [3.8, 4) is 0 Å². The van der Waals surface area contributed by atoms with Crippen molar-refractivity contribution in [2.75, 3.05) is 0 Å². The fourth-order valence-corrected chi connectivity index (χ4v) is 0.874. The summed E-state index contributed by atoms with van der Waals surface area (Å²) in [5, 5.41) is 10.5. The summed E-state index contributed by atoms with van der Waals surface area (Å²) in [6, 6.07) is 0. The van der Waals surface area contributed by atoms with Gasteiger partial charge in [-0.1, -0.05) is 20.8 Å². The maximum Gasteiger partial charge on any atom is 0.216 e. The highest BCUT2D eigenvalue weighted by atomic mass is 32.1. The van der Waals surface area contributed by atoms with E-state index in [0.717, 1.165) is 6.42 Å². The quantitative estimate of drug-likeness (QED) is 0.585. The Balaban J connectivity index is 2.60. The third-order valence-electron chi connectivity index (χ3n) is 1.45. The average molecular weight is 198 g/mol. The van der Waals surface area contributed by atoms with Gasteiger partial charge in [0, 0.05) is 6.21 Å². The molecule has 0 fully saturated rings. The van der Waals surface area contributed by atoms with E-state index in [2.05, 4.69) is 36.1 Å². The molecule has 13 heavy (non-hydrogen) atoms. The van der Waals surface area contributed by atoms with Gasteiger partial charge in [0.25, 0.3) is 0 Å². The third kappa shape index (κ3) is 3.50. The average Bonchev–Trinajstić information content (AvgIpc) is 2.34. The Labute approximate surface area is 82.7 Å². The minimum absolute atomic E-state index is 0.259. The summed E-state index contributed by atoms with van der Waals surface area (Å²) in [6.07, 6.45) is 4.33. The molecule has 0 aliphatic rings. The third-order valence-corrected chi connectivity index (χ3v) is 1.72. The van der Waals surface area contributed by atoms with Crippen molar-refractivity contribution in [1.29, 1.82) is 0 Å². The van der Waals surface area contributed by atoms with Crippen LogP contribution in [0.15, 0.2) is 11.4 Å². The van der Waals surface area contributed by atoms with Crippen LogP contribution in [0.25, 0.3) is 0 Å². The van der Waals surface area contributed by atoms with E-state index in [1.807, 2.05) is 6.21 Å². The Morgan fingerprint density at radius 1 is 1.69 bits per heavy atom. The first-order valence-corrected chi connectivity index (χ1v) is 4.55. The van der Waals surface area contributed by atoms with Gasteiger partial charge >= 0.3 is 0 Å². The normalized spacial score (nSPS) is 12.5. The Kier molecular flexibility index (Phi) is 2.98. The van der Waals surface area contributed by atoms with Gasteiger partial charge in [-0.25, -0.2) is 0 Å². The van der Waals surface area contributed by atoms with Gasteiger partial charge in [0.1, 0.15) is 6.33 Å². The largest absolute Gasteiger partial charge is 0.250 e. The highest BCUT2D eigenvalue weighted by Crippen LogP contribution is 2.16. The molecule has 0 saturated carbocycles. The second-order valence-electron chi connectivity index (χ2n) is 4.07. The standard InChI is InChI=1S/C8H14N4S/c1-8(2,3)4-5-10-12-6-9-11-7(12)13/h5-6H,4H2,1-3H3,(H,11,13)/b10-5+. The van der Waals surface area contributed by atoms with Crippen LogP contribution in [0.2, 0.25) is 0 Å². The molecule has 0 saturated heterocycles. The van der Waals surface area contributed by atoms with Crippen molar-refractivity contribution in [3.63, 3.8) is 0 Å². The van der Waals surface area contributed by atoms with E-state index >= 15 is 0 Å². The highest BCUT2D eigenvalue weighted by Gasteiger charge is 2.06. The van der Waals surface area contributed by atoms with Gasteiger partial charge in [-0.3, -0.25) is 5.10 Å². The summed E-state index contributed by atoms with van der Waals surface area (Å²) in [4.78, 5) is 0. The molecule has 1 rings (SSSR count). The molecule has 0 aliphatic heterocycles. The summed E-state index contributed by atoms with van der Waals surface area (Å²) >= 11 is 4.92. The number of nitrogens with zero attached hydrogens (tertiary/aromatic N) is 3. The molecule has 5 heteroatoms. The molecule has 0 unspecified atom stereocenters. The lowest BCUT2D eigenvalue weighted by atomic mass is 9.93. The molecule has 0 radical (unpaired) electrons. The van der Waals surface area contributed by atoms with E-state index in [0.29, 0.717) is 4.77 Å². The van der Waals surface area contributed by atoms with Crippen LogP contribution >= 0.6 is 12.2 Å². The maximum absolute atomic E-state index is 4.92. The van der Waals surface area contributed by atoms with Crippen molar-refractivity contribution in [2.24, 2.45) is 10.5 Å². The number of aromatic nitrogens is 3. The number of hydrogen-bond acceptors (Lipinski definition) is 3. The van der Waals surface area contributed by atoms with E-state index in [1.165, 1.54) is 0 Å². The minimum atomic E-state index is 0.259. The molecule has 1 aromatic rings. The first-order valence-electron chi connectivity index (χ1n) is 4.14. The Morgan fingerprint density at radius 3 is 2.85 bits per heavy atom. The van der Waals surface area contributed by atoms with Crippen molar-refractivity contribution in [3.05, 3.63) is 11.1 Å². The second kappa shape index (κ2) is 3.83. The van der Waals surface area contributed by atoms with Gasteiger partial charge in [-0.2, -0.15) is 14.9 Å². The van der Waals surface area contributed by atoms with Crippen molar-refractivity contribution in [2.45, 2.75) is 27.2 Å². The van der Waals surface area contributed by atoms with Gasteiger partial charge in [0.2, 0.25) is 4.77 Å². The van der Waals surface area contributed by atoms with E-state index in [4.69, 9.17) is 12.2 Å². The predicted molar refractivity (Wildman–Crippen MR) is 55.4 cm³/mol. The van der Waals surface area contributed by atoms with Crippen LogP contribution in [-0.4, -0.2) is 21.1 Å². The molecule has 0 atom stereocenters. The molecular formula is C8H14N4S. The molecule has 0 aromatic carbocycles. The minimum Gasteiger partial charge on any atom is -0.250 e. The van der Waals surface area contributed by atoms with Crippen molar-refractivity contribution < 1.29 is 0 Å². The number of nitrogens with one attached hydrogen (secondary N) is 1. The zero-order chi connectivity index (χ0) is 9.90. The zero-order valence-electron chi connectivity index (χ0n) is 8.11. The zero-order valence-corrected chi connectivity index (χ0v) is 8.93. The fourth-order valence-electron chi connectivity index (χ4n) is 0.727. The molecule has 1 heterocycles. The smallest absolute Gasteiger partial charge is 0.216 e. The maximum atomic E-state index is 4.92. The number of aromatic amines is 1. The van der Waals surface area contributed by atoms with Gasteiger partial charge in [0.15, 0.2) is 0 Å². The van der Waals surface area contributed by atoms with Crippen LogP contribution in [0.5, 0.6) is 0 Å². The molecule has 0 aliphatic carbocycles. The lowest BCUT2D eigenvalue weighted by Gasteiger charge is -2.13. The van der Waals surface area contributed by atoms with Crippen LogP contribution in [-0.2, 0) is 0 Å². The Hall–Kier alpha value is -0.970. The van der Waals surface area contributed by atoms with Crippen LogP contribution < -0.4 is 0 Å². The molecule has 1 aromatic heterocycles. The van der Waals surface area contributed by atoms with Gasteiger partial charge in [0.05, 0.1) is 0 Å². The SMILES string of the molecule is CC(C)(C)C/C=N/n1cn[nH]c1=S. The van der Waals surface area contributed by atoms with Crippen molar-refractivity contribution >= 4 is 18.4 Å². The van der Waals surface area contributed by atoms with E-state index in [1.54, 1.807) is 11.0 Å². The molecule has 1 N–H and O–H groups in total. The van der Waals surface area contributed by atoms with Crippen LogP contribution in [0, 0.1) is 10.2 Å². The Morgan fingerprint density at radius 2 is 2.38 bits per heavy atom. The lowest BCUT2D eigenvalue weighted by Crippen LogP contribution is -2.05. The molecule has 0 bridgehead atoms. The van der Waals surface area contributed by atoms with E-state index < -0.39 is 0 Å². The van der Waals surface area contributed by atoms with Gasteiger partial charge < -0.3 is 0 Å².